The largest absolute Gasteiger partial charge is 0.483 e. The van der Waals surface area contributed by atoms with Crippen LogP contribution in [0, 0.1) is 0 Å². The molecule has 3 heterocycles. The Hall–Kier alpha value is -2.97. The zero-order valence-corrected chi connectivity index (χ0v) is 16.8. The first-order valence-electron chi connectivity index (χ1n) is 10.3. The van der Waals surface area contributed by atoms with E-state index in [9.17, 15) is 9.90 Å². The third kappa shape index (κ3) is 4.77. The molecule has 1 aliphatic rings. The average molecular weight is 410 g/mol. The molecule has 2 aromatic heterocycles. The molecule has 30 heavy (non-hydrogen) atoms. The van der Waals surface area contributed by atoms with Gasteiger partial charge in [0.25, 0.3) is 5.91 Å². The van der Waals surface area contributed by atoms with Crippen LogP contribution >= 0.6 is 0 Å². The number of carbonyl (C=O) groups excluding carboxylic acids is 1. The number of para-hydroxylation sites is 1. The number of rotatable bonds is 8. The van der Waals surface area contributed by atoms with Crippen molar-refractivity contribution < 1.29 is 19.2 Å². The van der Waals surface area contributed by atoms with Gasteiger partial charge in [-0.1, -0.05) is 29.8 Å². The number of aliphatic hydroxyl groups is 1. The smallest absolute Gasteiger partial charge is 0.273 e. The monoisotopic (exact) mass is 410 g/mol. The van der Waals surface area contributed by atoms with Gasteiger partial charge in [-0.15, -0.1) is 0 Å². The van der Waals surface area contributed by atoms with Gasteiger partial charge in [-0.05, 0) is 31.5 Å². The molecule has 0 unspecified atom stereocenters. The number of aromatic nitrogens is 2. The van der Waals surface area contributed by atoms with E-state index in [1.807, 2.05) is 30.3 Å². The van der Waals surface area contributed by atoms with Crippen LogP contribution in [0.1, 0.15) is 35.5 Å². The van der Waals surface area contributed by atoms with Crippen LogP contribution in [0.2, 0.25) is 0 Å². The summed E-state index contributed by atoms with van der Waals surface area (Å²) in [5.74, 6) is 0.828. The molecule has 1 aromatic carbocycles. The van der Waals surface area contributed by atoms with Crippen LogP contribution in [0.25, 0.3) is 10.9 Å². The molecule has 0 saturated carbocycles. The number of hydrogen-bond acceptors (Lipinski definition) is 7. The molecule has 158 valence electrons. The van der Waals surface area contributed by atoms with Crippen LogP contribution < -0.4 is 10.1 Å². The fourth-order valence-electron chi connectivity index (χ4n) is 3.79. The van der Waals surface area contributed by atoms with Crippen molar-refractivity contribution in [3.05, 3.63) is 54.0 Å². The van der Waals surface area contributed by atoms with Gasteiger partial charge in [-0.2, -0.15) is 0 Å². The lowest BCUT2D eigenvalue weighted by Gasteiger charge is -2.34. The van der Waals surface area contributed by atoms with Gasteiger partial charge in [0.15, 0.2) is 11.5 Å². The predicted octanol–water partition coefficient (Wildman–Crippen LogP) is 2.38. The highest BCUT2D eigenvalue weighted by molar-refractivity contribution is 5.92. The lowest BCUT2D eigenvalue weighted by Crippen LogP contribution is -2.45. The minimum absolute atomic E-state index is 0.155. The minimum Gasteiger partial charge on any atom is -0.483 e. The summed E-state index contributed by atoms with van der Waals surface area (Å²) in [5.41, 5.74) is 0.998. The summed E-state index contributed by atoms with van der Waals surface area (Å²) < 4.78 is 11.1. The van der Waals surface area contributed by atoms with Crippen molar-refractivity contribution in [2.75, 3.05) is 26.2 Å². The fraction of sp³-hybridized carbons (Fsp3) is 0.409. The topological polar surface area (TPSA) is 101 Å². The van der Waals surface area contributed by atoms with Crippen LogP contribution in [0.3, 0.4) is 0 Å². The summed E-state index contributed by atoms with van der Waals surface area (Å²) in [6, 6.07) is 11.3. The Bertz CT molecular complexity index is 985. The molecule has 2 N–H and O–H groups in total. The first-order chi connectivity index (χ1) is 14.7. The maximum atomic E-state index is 12.3. The molecule has 1 saturated heterocycles. The van der Waals surface area contributed by atoms with E-state index in [1.54, 1.807) is 12.3 Å². The van der Waals surface area contributed by atoms with E-state index >= 15 is 0 Å². The van der Waals surface area contributed by atoms with Crippen molar-refractivity contribution >= 4 is 16.8 Å². The number of hydrogen-bond donors (Lipinski definition) is 2. The highest BCUT2D eigenvalue weighted by Crippen LogP contribution is 2.24. The highest BCUT2D eigenvalue weighted by Gasteiger charge is 2.21. The minimum atomic E-state index is -0.283. The highest BCUT2D eigenvalue weighted by atomic mass is 16.5. The molecule has 3 aromatic rings. The number of likely N-dealkylation sites (tertiary alicyclic amines) is 1. The third-order valence-corrected chi connectivity index (χ3v) is 5.40. The van der Waals surface area contributed by atoms with E-state index < -0.39 is 0 Å². The maximum Gasteiger partial charge on any atom is 0.273 e. The molecule has 0 radical (unpaired) electrons. The van der Waals surface area contributed by atoms with Crippen molar-refractivity contribution in [1.29, 1.82) is 0 Å². The Balaban J connectivity index is 1.28. The van der Waals surface area contributed by atoms with Gasteiger partial charge in [-0.3, -0.25) is 14.7 Å². The first-order valence-corrected chi connectivity index (χ1v) is 10.3. The predicted molar refractivity (Wildman–Crippen MR) is 111 cm³/mol. The van der Waals surface area contributed by atoms with Gasteiger partial charge in [0.05, 0.1) is 6.61 Å². The molecule has 1 fully saturated rings. The van der Waals surface area contributed by atoms with E-state index in [4.69, 9.17) is 9.26 Å². The molecule has 4 rings (SSSR count). The number of nitrogens with one attached hydrogen (secondary N) is 1. The summed E-state index contributed by atoms with van der Waals surface area (Å²) in [4.78, 5) is 18.9. The molecular formula is C22H26N4O4. The van der Waals surface area contributed by atoms with Crippen LogP contribution in [-0.4, -0.2) is 58.3 Å². The Morgan fingerprint density at radius 3 is 3.10 bits per heavy atom. The number of piperidine rings is 1. The van der Waals surface area contributed by atoms with Crippen LogP contribution in [-0.2, 0) is 6.61 Å². The summed E-state index contributed by atoms with van der Waals surface area (Å²) in [6.45, 7) is 2.47. The number of nitrogens with zero attached hydrogens (tertiary/aromatic N) is 3. The van der Waals surface area contributed by atoms with Gasteiger partial charge < -0.3 is 19.7 Å². The van der Waals surface area contributed by atoms with Gasteiger partial charge in [0.2, 0.25) is 0 Å². The van der Waals surface area contributed by atoms with Crippen molar-refractivity contribution in [3.8, 4) is 5.75 Å². The number of amides is 1. The zero-order chi connectivity index (χ0) is 20.8. The first kappa shape index (κ1) is 20.3. The van der Waals surface area contributed by atoms with Crippen LogP contribution in [0.4, 0.5) is 0 Å². The fourth-order valence-corrected chi connectivity index (χ4v) is 3.79. The molecule has 0 aliphatic carbocycles. The SMILES string of the molecule is O=C(NCCN1CCCC[C@@H]1CO)c1cc(COc2cccc3cccnc23)on1. The van der Waals surface area contributed by atoms with E-state index in [0.29, 0.717) is 24.6 Å². The number of aliphatic hydroxyl groups excluding tert-OH is 1. The van der Waals surface area contributed by atoms with Crippen LogP contribution in [0.5, 0.6) is 5.75 Å². The second kappa shape index (κ2) is 9.69. The van der Waals surface area contributed by atoms with E-state index in [1.165, 1.54) is 0 Å². The van der Waals surface area contributed by atoms with Gasteiger partial charge >= 0.3 is 0 Å². The molecule has 0 spiro atoms. The average Bonchev–Trinajstić information content (AvgIpc) is 3.27. The Morgan fingerprint density at radius 1 is 1.30 bits per heavy atom. The molecule has 1 aliphatic heterocycles. The Morgan fingerprint density at radius 2 is 2.20 bits per heavy atom. The summed E-state index contributed by atoms with van der Waals surface area (Å²) >= 11 is 0. The lowest BCUT2D eigenvalue weighted by atomic mass is 10.0. The normalized spacial score (nSPS) is 17.2. The van der Waals surface area contributed by atoms with Crippen molar-refractivity contribution in [3.63, 3.8) is 0 Å². The second-order valence-corrected chi connectivity index (χ2v) is 7.42. The third-order valence-electron chi connectivity index (χ3n) is 5.40. The summed E-state index contributed by atoms with van der Waals surface area (Å²) in [5, 5.41) is 17.2. The summed E-state index contributed by atoms with van der Waals surface area (Å²) in [6.07, 6.45) is 5.00. The van der Waals surface area contributed by atoms with Crippen molar-refractivity contribution in [2.24, 2.45) is 0 Å². The lowest BCUT2D eigenvalue weighted by molar-refractivity contribution is 0.0845. The number of benzene rings is 1. The molecule has 0 bridgehead atoms. The number of ether oxygens (including phenoxy) is 1. The molecule has 1 atom stereocenters. The van der Waals surface area contributed by atoms with Crippen LogP contribution in [0.15, 0.2) is 47.1 Å². The molecule has 8 heteroatoms. The molecular weight excluding hydrogens is 384 g/mol. The van der Waals surface area contributed by atoms with E-state index in [0.717, 1.165) is 36.7 Å². The number of pyridine rings is 1. The van der Waals surface area contributed by atoms with Gasteiger partial charge in [-0.25, -0.2) is 0 Å². The number of fused-ring (bicyclic) bond motifs is 1. The molecule has 1 amide bonds. The number of carbonyl (C=O) groups is 1. The standard InChI is InChI=1S/C22H26N4O4/c27-14-17-7-1-2-11-26(17)12-10-24-22(28)19-13-18(30-25-19)15-29-20-8-3-5-16-6-4-9-23-21(16)20/h3-6,8-9,13,17,27H,1-2,7,10-12,14-15H2,(H,24,28)/t17-/m1/s1. The van der Waals surface area contributed by atoms with Crippen molar-refractivity contribution in [1.82, 2.24) is 20.4 Å². The molecule has 8 nitrogen and oxygen atoms in total. The Kier molecular flexibility index (Phi) is 6.56. The quantitative estimate of drug-likeness (QED) is 0.588. The Labute approximate surface area is 174 Å². The second-order valence-electron chi connectivity index (χ2n) is 7.42. The van der Waals surface area contributed by atoms with E-state index in [2.05, 4.69) is 20.4 Å². The van der Waals surface area contributed by atoms with Gasteiger partial charge in [0, 0.05) is 36.8 Å². The van der Waals surface area contributed by atoms with Gasteiger partial charge in [0.1, 0.15) is 17.9 Å². The zero-order valence-electron chi connectivity index (χ0n) is 16.8. The van der Waals surface area contributed by atoms with E-state index in [-0.39, 0.29) is 30.9 Å². The maximum absolute atomic E-state index is 12.3. The van der Waals surface area contributed by atoms with Crippen molar-refractivity contribution in [2.45, 2.75) is 31.9 Å². The summed E-state index contributed by atoms with van der Waals surface area (Å²) in [7, 11) is 0.